The first-order valence-electron chi connectivity index (χ1n) is 10.5. The molecule has 5 nitrogen and oxygen atoms in total. The Morgan fingerprint density at radius 2 is 1.94 bits per heavy atom. The van der Waals surface area contributed by atoms with Crippen molar-refractivity contribution in [2.24, 2.45) is 0 Å². The van der Waals surface area contributed by atoms with Crippen LogP contribution < -0.4 is 10.1 Å². The SMILES string of the molecule is O=C(NCc1cccc(Cl)c1)c1ccc(CN2CCCC2=O)c(Oc2ccc(Cl)c(F)c2)c1. The van der Waals surface area contributed by atoms with Crippen LogP contribution in [0, 0.1) is 5.82 Å². The summed E-state index contributed by atoms with van der Waals surface area (Å²) in [7, 11) is 0. The minimum absolute atomic E-state index is 0.0145. The molecule has 0 saturated carbocycles. The fraction of sp³-hybridized carbons (Fsp3) is 0.200. The molecule has 3 aromatic rings. The maximum absolute atomic E-state index is 13.9. The molecule has 0 aliphatic carbocycles. The third-order valence-electron chi connectivity index (χ3n) is 5.32. The van der Waals surface area contributed by atoms with E-state index in [1.165, 1.54) is 12.1 Å². The van der Waals surface area contributed by atoms with Gasteiger partial charge in [0, 0.05) is 48.3 Å². The second kappa shape index (κ2) is 10.2. The Bertz CT molecular complexity index is 1200. The highest BCUT2D eigenvalue weighted by atomic mass is 35.5. The summed E-state index contributed by atoms with van der Waals surface area (Å²) in [5.74, 6) is -0.234. The van der Waals surface area contributed by atoms with Crippen LogP contribution in [0.15, 0.2) is 60.7 Å². The summed E-state index contributed by atoms with van der Waals surface area (Å²) in [5.41, 5.74) is 1.96. The zero-order valence-electron chi connectivity index (χ0n) is 17.6. The number of halogens is 3. The van der Waals surface area contributed by atoms with E-state index in [9.17, 15) is 14.0 Å². The maximum atomic E-state index is 13.9. The molecule has 170 valence electrons. The van der Waals surface area contributed by atoms with Crippen molar-refractivity contribution in [1.82, 2.24) is 10.2 Å². The van der Waals surface area contributed by atoms with Crippen LogP contribution in [0.2, 0.25) is 10.0 Å². The van der Waals surface area contributed by atoms with Crippen LogP contribution in [-0.4, -0.2) is 23.3 Å². The third-order valence-corrected chi connectivity index (χ3v) is 5.86. The Kier molecular flexibility index (Phi) is 7.16. The van der Waals surface area contributed by atoms with Crippen molar-refractivity contribution in [3.05, 3.63) is 93.2 Å². The van der Waals surface area contributed by atoms with Gasteiger partial charge >= 0.3 is 0 Å². The van der Waals surface area contributed by atoms with Crippen molar-refractivity contribution in [1.29, 1.82) is 0 Å². The van der Waals surface area contributed by atoms with Gasteiger partial charge in [0.1, 0.15) is 17.3 Å². The van der Waals surface area contributed by atoms with E-state index in [-0.39, 0.29) is 22.6 Å². The first kappa shape index (κ1) is 23.1. The molecule has 1 aliphatic rings. The van der Waals surface area contributed by atoms with Crippen LogP contribution in [0.25, 0.3) is 0 Å². The van der Waals surface area contributed by atoms with E-state index < -0.39 is 5.82 Å². The normalized spacial score (nSPS) is 13.3. The lowest BCUT2D eigenvalue weighted by molar-refractivity contribution is -0.128. The summed E-state index contributed by atoms with van der Waals surface area (Å²) in [6.45, 7) is 1.31. The number of rotatable bonds is 7. The average Bonchev–Trinajstić information content (AvgIpc) is 3.20. The smallest absolute Gasteiger partial charge is 0.251 e. The van der Waals surface area contributed by atoms with Gasteiger partial charge in [-0.2, -0.15) is 0 Å². The van der Waals surface area contributed by atoms with E-state index in [4.69, 9.17) is 27.9 Å². The number of benzene rings is 3. The Labute approximate surface area is 201 Å². The Morgan fingerprint density at radius 1 is 1.09 bits per heavy atom. The molecule has 2 amide bonds. The number of carbonyl (C=O) groups excluding carboxylic acids is 2. The second-order valence-corrected chi connectivity index (χ2v) is 8.58. The van der Waals surface area contributed by atoms with Gasteiger partial charge in [-0.1, -0.05) is 41.4 Å². The van der Waals surface area contributed by atoms with E-state index in [1.54, 1.807) is 41.3 Å². The number of hydrogen-bond donors (Lipinski definition) is 1. The zero-order valence-corrected chi connectivity index (χ0v) is 19.1. The minimum atomic E-state index is -0.610. The molecule has 0 bridgehead atoms. The molecule has 0 aromatic heterocycles. The highest BCUT2D eigenvalue weighted by Gasteiger charge is 2.22. The molecule has 1 saturated heterocycles. The standard InChI is InChI=1S/C25H21Cl2FN2O3/c26-19-4-1-3-16(11-19)14-29-25(32)17-6-7-18(15-30-10-2-5-24(30)31)23(12-17)33-20-8-9-21(27)22(28)13-20/h1,3-4,6-9,11-13H,2,5,10,14-15H2,(H,29,32). The second-order valence-electron chi connectivity index (χ2n) is 7.73. The largest absolute Gasteiger partial charge is 0.457 e. The Hall–Kier alpha value is -3.09. The number of ether oxygens (including phenoxy) is 1. The Morgan fingerprint density at radius 3 is 2.67 bits per heavy atom. The molecule has 0 spiro atoms. The van der Waals surface area contributed by atoms with E-state index in [2.05, 4.69) is 5.32 Å². The number of nitrogens with one attached hydrogen (secondary N) is 1. The molecule has 0 unspecified atom stereocenters. The van der Waals surface area contributed by atoms with Gasteiger partial charge in [0.15, 0.2) is 0 Å². The molecule has 4 rings (SSSR count). The summed E-state index contributed by atoms with van der Waals surface area (Å²) in [6, 6.07) is 16.4. The fourth-order valence-corrected chi connectivity index (χ4v) is 3.93. The van der Waals surface area contributed by atoms with Gasteiger partial charge in [-0.25, -0.2) is 4.39 Å². The lowest BCUT2D eigenvalue weighted by Crippen LogP contribution is -2.25. The van der Waals surface area contributed by atoms with Crippen LogP contribution in [0.5, 0.6) is 11.5 Å². The maximum Gasteiger partial charge on any atom is 0.251 e. The minimum Gasteiger partial charge on any atom is -0.457 e. The average molecular weight is 487 g/mol. The molecule has 1 heterocycles. The lowest BCUT2D eigenvalue weighted by Gasteiger charge is -2.19. The fourth-order valence-electron chi connectivity index (χ4n) is 3.60. The molecular weight excluding hydrogens is 466 g/mol. The van der Waals surface area contributed by atoms with Crippen LogP contribution in [-0.2, 0) is 17.9 Å². The van der Waals surface area contributed by atoms with Gasteiger partial charge in [-0.3, -0.25) is 9.59 Å². The molecular formula is C25H21Cl2FN2O3. The summed E-state index contributed by atoms with van der Waals surface area (Å²) in [5, 5.41) is 3.43. The van der Waals surface area contributed by atoms with Gasteiger partial charge in [0.2, 0.25) is 5.91 Å². The van der Waals surface area contributed by atoms with Gasteiger partial charge < -0.3 is 15.0 Å². The number of amides is 2. The predicted octanol–water partition coefficient (Wildman–Crippen LogP) is 5.98. The molecule has 1 fully saturated rings. The topological polar surface area (TPSA) is 58.6 Å². The summed E-state index contributed by atoms with van der Waals surface area (Å²) in [4.78, 5) is 26.6. The molecule has 3 aromatic carbocycles. The molecule has 1 N–H and O–H groups in total. The van der Waals surface area contributed by atoms with Crippen molar-refractivity contribution in [2.75, 3.05) is 6.54 Å². The molecule has 1 aliphatic heterocycles. The van der Waals surface area contributed by atoms with E-state index in [1.807, 2.05) is 12.1 Å². The van der Waals surface area contributed by atoms with Gasteiger partial charge in [-0.05, 0) is 48.4 Å². The van der Waals surface area contributed by atoms with Crippen molar-refractivity contribution < 1.29 is 18.7 Å². The monoisotopic (exact) mass is 486 g/mol. The molecule has 0 radical (unpaired) electrons. The van der Waals surface area contributed by atoms with Crippen LogP contribution in [0.3, 0.4) is 0 Å². The molecule has 0 atom stereocenters. The van der Waals surface area contributed by atoms with Crippen molar-refractivity contribution in [3.63, 3.8) is 0 Å². The molecule has 33 heavy (non-hydrogen) atoms. The van der Waals surface area contributed by atoms with E-state index in [0.29, 0.717) is 48.0 Å². The highest BCUT2D eigenvalue weighted by Crippen LogP contribution is 2.31. The van der Waals surface area contributed by atoms with Crippen molar-refractivity contribution in [2.45, 2.75) is 25.9 Å². The van der Waals surface area contributed by atoms with Gasteiger partial charge in [0.05, 0.1) is 5.02 Å². The first-order chi connectivity index (χ1) is 15.9. The number of likely N-dealkylation sites (tertiary alicyclic amines) is 1. The molecule has 8 heteroatoms. The number of nitrogens with zero attached hydrogens (tertiary/aromatic N) is 1. The van der Waals surface area contributed by atoms with Gasteiger partial charge in [0.25, 0.3) is 5.91 Å². The van der Waals surface area contributed by atoms with E-state index >= 15 is 0 Å². The summed E-state index contributed by atoms with van der Waals surface area (Å²) in [6.07, 6.45) is 1.32. The summed E-state index contributed by atoms with van der Waals surface area (Å²) < 4.78 is 19.8. The quantitative estimate of drug-likeness (QED) is 0.446. The lowest BCUT2D eigenvalue weighted by atomic mass is 10.1. The Balaban J connectivity index is 1.57. The van der Waals surface area contributed by atoms with Crippen LogP contribution in [0.4, 0.5) is 4.39 Å². The van der Waals surface area contributed by atoms with Crippen molar-refractivity contribution >= 4 is 35.0 Å². The first-order valence-corrected chi connectivity index (χ1v) is 11.2. The van der Waals surface area contributed by atoms with E-state index in [0.717, 1.165) is 12.0 Å². The van der Waals surface area contributed by atoms with Crippen molar-refractivity contribution in [3.8, 4) is 11.5 Å². The summed E-state index contributed by atoms with van der Waals surface area (Å²) >= 11 is 11.8. The highest BCUT2D eigenvalue weighted by molar-refractivity contribution is 6.31. The van der Waals surface area contributed by atoms with Gasteiger partial charge in [-0.15, -0.1) is 0 Å². The number of hydrogen-bond acceptors (Lipinski definition) is 3. The predicted molar refractivity (Wildman–Crippen MR) is 125 cm³/mol. The zero-order chi connectivity index (χ0) is 23.4. The van der Waals surface area contributed by atoms with Crippen LogP contribution >= 0.6 is 23.2 Å². The number of carbonyl (C=O) groups is 2. The van der Waals surface area contributed by atoms with Crippen LogP contribution in [0.1, 0.15) is 34.3 Å². The third kappa shape index (κ3) is 5.83.